The van der Waals surface area contributed by atoms with Gasteiger partial charge in [-0.25, -0.2) is 0 Å². The Balaban J connectivity index is 2.08. The first kappa shape index (κ1) is 20.9. The van der Waals surface area contributed by atoms with E-state index in [9.17, 15) is 10.1 Å². The van der Waals surface area contributed by atoms with E-state index in [-0.39, 0.29) is 23.3 Å². The van der Waals surface area contributed by atoms with Crippen molar-refractivity contribution in [2.45, 2.75) is 58.1 Å². The van der Waals surface area contributed by atoms with E-state index >= 15 is 0 Å². The van der Waals surface area contributed by atoms with Crippen molar-refractivity contribution in [2.75, 3.05) is 7.11 Å². The van der Waals surface area contributed by atoms with Crippen LogP contribution in [0, 0.1) is 10.1 Å². The maximum absolute atomic E-state index is 11.4. The molecule has 0 heterocycles. The lowest BCUT2D eigenvalue weighted by molar-refractivity contribution is -0.386. The van der Waals surface area contributed by atoms with Crippen LogP contribution < -0.4 is 20.2 Å². The fourth-order valence-electron chi connectivity index (χ4n) is 2.95. The van der Waals surface area contributed by atoms with Crippen LogP contribution in [-0.2, 0) is 0 Å². The van der Waals surface area contributed by atoms with Gasteiger partial charge in [-0.15, -0.1) is 0 Å². The number of methoxy groups -OCH3 is 1. The van der Waals surface area contributed by atoms with Gasteiger partial charge in [-0.3, -0.25) is 15.5 Å². The Morgan fingerprint density at radius 2 is 2.07 bits per heavy atom. The second-order valence-electron chi connectivity index (χ2n) is 6.67. The minimum absolute atomic E-state index is 0.108. The van der Waals surface area contributed by atoms with Crippen molar-refractivity contribution in [1.82, 2.24) is 10.7 Å². The molecule has 0 aliphatic heterocycles. The smallest absolute Gasteiger partial charge is 0.315 e. The molecule has 2 N–H and O–H groups in total. The number of benzene rings is 1. The highest BCUT2D eigenvalue weighted by molar-refractivity contribution is 7.80. The zero-order chi connectivity index (χ0) is 19.8. The summed E-state index contributed by atoms with van der Waals surface area (Å²) < 4.78 is 10.8. The molecule has 0 radical (unpaired) electrons. The Hall–Kier alpha value is -2.42. The molecule has 0 atom stereocenters. The van der Waals surface area contributed by atoms with Gasteiger partial charge in [0, 0.05) is 17.7 Å². The van der Waals surface area contributed by atoms with E-state index in [1.807, 2.05) is 0 Å². The lowest BCUT2D eigenvalue weighted by atomic mass is 9.96. The molecule has 8 nitrogen and oxygen atoms in total. The first-order chi connectivity index (χ1) is 12.9. The maximum Gasteiger partial charge on any atom is 0.315 e. The fraction of sp³-hybridized carbons (Fsp3) is 0.556. The average Bonchev–Trinajstić information content (AvgIpc) is 2.62. The third-order valence-electron chi connectivity index (χ3n) is 4.15. The van der Waals surface area contributed by atoms with Crippen LogP contribution in [0.3, 0.4) is 0 Å². The highest BCUT2D eigenvalue weighted by Crippen LogP contribution is 2.38. The van der Waals surface area contributed by atoms with E-state index < -0.39 is 4.92 Å². The van der Waals surface area contributed by atoms with E-state index in [4.69, 9.17) is 21.7 Å². The number of nitro benzene ring substituents is 1. The van der Waals surface area contributed by atoms with Gasteiger partial charge in [0.1, 0.15) is 0 Å². The molecule has 0 aromatic heterocycles. The predicted octanol–water partition coefficient (Wildman–Crippen LogP) is 3.52. The van der Waals surface area contributed by atoms with Gasteiger partial charge in [-0.05, 0) is 45.0 Å². The van der Waals surface area contributed by atoms with E-state index in [1.54, 1.807) is 19.9 Å². The van der Waals surface area contributed by atoms with Gasteiger partial charge in [0.15, 0.2) is 10.9 Å². The van der Waals surface area contributed by atoms with Gasteiger partial charge in [0.2, 0.25) is 5.75 Å². The summed E-state index contributed by atoms with van der Waals surface area (Å²) in [5.41, 5.74) is 3.09. The van der Waals surface area contributed by atoms with Crippen LogP contribution in [-0.4, -0.2) is 35.5 Å². The molecule has 1 aromatic carbocycles. The summed E-state index contributed by atoms with van der Waals surface area (Å²) in [6.07, 6.45) is 7.13. The second-order valence-corrected chi connectivity index (χ2v) is 7.08. The first-order valence-corrected chi connectivity index (χ1v) is 9.44. The monoisotopic (exact) mass is 394 g/mol. The Labute approximate surface area is 164 Å². The van der Waals surface area contributed by atoms with Gasteiger partial charge in [0.05, 0.1) is 24.4 Å². The third kappa shape index (κ3) is 6.35. The van der Waals surface area contributed by atoms with Crippen molar-refractivity contribution in [3.05, 3.63) is 27.8 Å². The normalized spacial score (nSPS) is 15.0. The van der Waals surface area contributed by atoms with E-state index in [1.165, 1.54) is 38.7 Å². The van der Waals surface area contributed by atoms with Crippen LogP contribution in [0.1, 0.15) is 51.5 Å². The molecule has 1 saturated carbocycles. The van der Waals surface area contributed by atoms with Crippen LogP contribution in [0.4, 0.5) is 5.69 Å². The molecular weight excluding hydrogens is 368 g/mol. The molecule has 9 heteroatoms. The molecule has 0 unspecified atom stereocenters. The number of hydrogen-bond donors (Lipinski definition) is 2. The maximum atomic E-state index is 11.4. The molecule has 0 amide bonds. The summed E-state index contributed by atoms with van der Waals surface area (Å²) in [5, 5.41) is 19.2. The Morgan fingerprint density at radius 1 is 1.37 bits per heavy atom. The lowest BCUT2D eigenvalue weighted by Gasteiger charge is -2.23. The highest BCUT2D eigenvalue weighted by Gasteiger charge is 2.23. The van der Waals surface area contributed by atoms with Crippen molar-refractivity contribution < 1.29 is 14.4 Å². The molecule has 1 aliphatic rings. The summed E-state index contributed by atoms with van der Waals surface area (Å²) in [4.78, 5) is 10.9. The van der Waals surface area contributed by atoms with Gasteiger partial charge in [-0.1, -0.05) is 19.3 Å². The predicted molar refractivity (Wildman–Crippen MR) is 109 cm³/mol. The van der Waals surface area contributed by atoms with Gasteiger partial charge in [0.25, 0.3) is 0 Å². The number of nitro groups is 1. The summed E-state index contributed by atoms with van der Waals surface area (Å²) in [7, 11) is 1.44. The Kier molecular flexibility index (Phi) is 7.78. The summed E-state index contributed by atoms with van der Waals surface area (Å²) in [6.45, 7) is 3.59. The molecule has 148 valence electrons. The van der Waals surface area contributed by atoms with Gasteiger partial charge >= 0.3 is 5.69 Å². The summed E-state index contributed by atoms with van der Waals surface area (Å²) >= 11 is 5.25. The largest absolute Gasteiger partial charge is 0.493 e. The van der Waals surface area contributed by atoms with E-state index in [2.05, 4.69) is 15.8 Å². The summed E-state index contributed by atoms with van der Waals surface area (Å²) in [5.74, 6) is 0.388. The van der Waals surface area contributed by atoms with Gasteiger partial charge < -0.3 is 14.8 Å². The van der Waals surface area contributed by atoms with Crippen LogP contribution in [0.15, 0.2) is 17.2 Å². The minimum Gasteiger partial charge on any atom is -0.493 e. The number of nitrogens with zero attached hydrogens (tertiary/aromatic N) is 2. The quantitative estimate of drug-likeness (QED) is 0.316. The molecule has 0 spiro atoms. The molecule has 1 fully saturated rings. The first-order valence-electron chi connectivity index (χ1n) is 9.03. The van der Waals surface area contributed by atoms with Crippen LogP contribution in [0.5, 0.6) is 11.5 Å². The topological polar surface area (TPSA) is 98.0 Å². The lowest BCUT2D eigenvalue weighted by Crippen LogP contribution is -2.40. The average molecular weight is 394 g/mol. The number of rotatable bonds is 7. The molecular formula is C18H26N4O4S. The Morgan fingerprint density at radius 3 is 2.67 bits per heavy atom. The van der Waals surface area contributed by atoms with E-state index in [0.29, 0.717) is 16.7 Å². The number of ether oxygens (including phenoxy) is 2. The van der Waals surface area contributed by atoms with Crippen LogP contribution >= 0.6 is 12.2 Å². The number of thiocarbonyl (C=S) groups is 1. The number of nitrogens with one attached hydrogen (secondary N) is 2. The van der Waals surface area contributed by atoms with Crippen molar-refractivity contribution in [2.24, 2.45) is 5.10 Å². The number of hydrogen-bond acceptors (Lipinski definition) is 6. The Bertz CT molecular complexity index is 703. The zero-order valence-electron chi connectivity index (χ0n) is 15.9. The zero-order valence-corrected chi connectivity index (χ0v) is 16.7. The summed E-state index contributed by atoms with van der Waals surface area (Å²) in [6, 6.07) is 3.40. The number of hydrazone groups is 1. The third-order valence-corrected chi connectivity index (χ3v) is 4.36. The molecule has 0 saturated heterocycles. The fourth-order valence-corrected chi connectivity index (χ4v) is 3.17. The van der Waals surface area contributed by atoms with Crippen molar-refractivity contribution >= 4 is 29.2 Å². The van der Waals surface area contributed by atoms with Gasteiger partial charge in [-0.2, -0.15) is 5.10 Å². The van der Waals surface area contributed by atoms with Crippen LogP contribution in [0.2, 0.25) is 0 Å². The van der Waals surface area contributed by atoms with Crippen LogP contribution in [0.25, 0.3) is 0 Å². The van der Waals surface area contributed by atoms with Crippen molar-refractivity contribution in [3.8, 4) is 11.5 Å². The second kappa shape index (κ2) is 10.1. The van der Waals surface area contributed by atoms with E-state index in [0.717, 1.165) is 12.8 Å². The highest BCUT2D eigenvalue weighted by atomic mass is 32.1. The molecule has 1 aliphatic carbocycles. The SMILES string of the molecule is COc1cc(/C=N\NC(=S)NC2CCCCC2)cc([N+](=O)[O-])c1OC(C)C. The molecule has 2 rings (SSSR count). The molecule has 1 aromatic rings. The molecule has 0 bridgehead atoms. The minimum atomic E-state index is -0.500. The molecule has 27 heavy (non-hydrogen) atoms. The van der Waals surface area contributed by atoms with Crippen molar-refractivity contribution in [1.29, 1.82) is 0 Å². The van der Waals surface area contributed by atoms with Crippen molar-refractivity contribution in [3.63, 3.8) is 0 Å². The standard InChI is InChI=1S/C18H26N4O4S/c1-12(2)26-17-15(22(23)24)9-13(10-16(17)25-3)11-19-21-18(27)20-14-7-5-4-6-8-14/h9-12,14H,4-8H2,1-3H3,(H2,20,21,27)/b19-11-.